The van der Waals surface area contributed by atoms with Crippen molar-refractivity contribution in [3.63, 3.8) is 0 Å². The van der Waals surface area contributed by atoms with Gasteiger partial charge in [-0.1, -0.05) is 18.2 Å². The van der Waals surface area contributed by atoms with Crippen molar-refractivity contribution in [2.75, 3.05) is 6.54 Å². The molecule has 0 aliphatic rings. The molecule has 0 aliphatic heterocycles. The van der Waals surface area contributed by atoms with Gasteiger partial charge in [0.25, 0.3) is 5.91 Å². The van der Waals surface area contributed by atoms with Gasteiger partial charge in [0.15, 0.2) is 0 Å². The molecule has 0 saturated carbocycles. The number of amides is 1. The maximum Gasteiger partial charge on any atom is 0.261 e. The van der Waals surface area contributed by atoms with Crippen LogP contribution in [-0.2, 0) is 0 Å². The minimum absolute atomic E-state index is 0.166. The summed E-state index contributed by atoms with van der Waals surface area (Å²) in [4.78, 5) is 13.7. The van der Waals surface area contributed by atoms with Gasteiger partial charge in [-0.3, -0.25) is 4.79 Å². The quantitative estimate of drug-likeness (QED) is 0.777. The second-order valence-electron chi connectivity index (χ2n) is 5.22. The lowest BCUT2D eigenvalue weighted by Gasteiger charge is -2.05. The monoisotopic (exact) mass is 315 g/mol. The number of carbonyl (C=O) groups is 1. The molecule has 1 atom stereocenters. The van der Waals surface area contributed by atoms with Gasteiger partial charge in [0.2, 0.25) is 0 Å². The van der Waals surface area contributed by atoms with E-state index in [1.807, 2.05) is 48.0 Å². The predicted octanol–water partition coefficient (Wildman–Crippen LogP) is 2.51. The fourth-order valence-electron chi connectivity index (χ4n) is 2.23. The van der Waals surface area contributed by atoms with E-state index in [-0.39, 0.29) is 12.5 Å². The number of nitrogens with zero attached hydrogens (tertiary/aromatic N) is 2. The Bertz CT molecular complexity index is 806. The lowest BCUT2D eigenvalue weighted by molar-refractivity contribution is 0.0928. The average molecular weight is 315 g/mol. The molecule has 0 spiro atoms. The van der Waals surface area contributed by atoms with E-state index < -0.39 is 6.10 Å². The highest BCUT2D eigenvalue weighted by Gasteiger charge is 2.17. The van der Waals surface area contributed by atoms with Gasteiger partial charge in [0, 0.05) is 11.9 Å². The van der Waals surface area contributed by atoms with Crippen LogP contribution in [0.1, 0.15) is 22.3 Å². The number of rotatable bonds is 4. The number of hydrogen-bond acceptors (Lipinski definition) is 4. The number of aromatic nitrogens is 2. The van der Waals surface area contributed by atoms with Crippen LogP contribution in [0.2, 0.25) is 0 Å². The van der Waals surface area contributed by atoms with Gasteiger partial charge in [-0.15, -0.1) is 11.3 Å². The Morgan fingerprint density at radius 1 is 1.41 bits per heavy atom. The highest BCUT2D eigenvalue weighted by Crippen LogP contribution is 2.30. The Labute approximate surface area is 132 Å². The first-order valence-corrected chi connectivity index (χ1v) is 7.89. The lowest BCUT2D eigenvalue weighted by Crippen LogP contribution is -2.29. The topological polar surface area (TPSA) is 67.2 Å². The summed E-state index contributed by atoms with van der Waals surface area (Å²) >= 11 is 1.41. The lowest BCUT2D eigenvalue weighted by atomic mass is 10.3. The number of nitrogens with one attached hydrogen (secondary N) is 1. The van der Waals surface area contributed by atoms with E-state index in [0.29, 0.717) is 4.88 Å². The van der Waals surface area contributed by atoms with Gasteiger partial charge in [-0.25, -0.2) is 4.68 Å². The van der Waals surface area contributed by atoms with Crippen LogP contribution < -0.4 is 5.32 Å². The van der Waals surface area contributed by atoms with Crippen LogP contribution in [0, 0.1) is 6.92 Å². The first-order valence-electron chi connectivity index (χ1n) is 7.07. The van der Waals surface area contributed by atoms with Crippen LogP contribution in [0.15, 0.2) is 36.4 Å². The van der Waals surface area contributed by atoms with Crippen molar-refractivity contribution < 1.29 is 9.90 Å². The third-order valence-electron chi connectivity index (χ3n) is 3.33. The number of fused-ring (bicyclic) bond motifs is 1. The molecule has 6 heteroatoms. The number of thiophene rings is 1. The van der Waals surface area contributed by atoms with E-state index in [2.05, 4.69) is 10.4 Å². The number of hydrogen-bond donors (Lipinski definition) is 2. The van der Waals surface area contributed by atoms with Crippen LogP contribution >= 0.6 is 11.3 Å². The molecular formula is C16H17N3O2S. The molecule has 0 fully saturated rings. The summed E-state index contributed by atoms with van der Waals surface area (Å²) in [6.07, 6.45) is -0.556. The molecular weight excluding hydrogens is 298 g/mol. The summed E-state index contributed by atoms with van der Waals surface area (Å²) in [6, 6.07) is 11.7. The molecule has 2 heterocycles. The predicted molar refractivity (Wildman–Crippen MR) is 87.7 cm³/mol. The molecule has 22 heavy (non-hydrogen) atoms. The van der Waals surface area contributed by atoms with Crippen molar-refractivity contribution in [3.8, 4) is 5.69 Å². The zero-order valence-electron chi connectivity index (χ0n) is 12.4. The minimum atomic E-state index is -0.556. The summed E-state index contributed by atoms with van der Waals surface area (Å²) < 4.78 is 1.86. The van der Waals surface area contributed by atoms with Crippen molar-refractivity contribution in [2.45, 2.75) is 20.0 Å². The van der Waals surface area contributed by atoms with Crippen molar-refractivity contribution >= 4 is 27.5 Å². The molecule has 3 rings (SSSR count). The maximum absolute atomic E-state index is 12.1. The number of aryl methyl sites for hydroxylation is 1. The van der Waals surface area contributed by atoms with Crippen LogP contribution in [-0.4, -0.2) is 33.4 Å². The summed E-state index contributed by atoms with van der Waals surface area (Å²) in [5.74, 6) is -0.166. The molecule has 0 saturated heterocycles. The van der Waals surface area contributed by atoms with Crippen molar-refractivity contribution in [1.29, 1.82) is 0 Å². The van der Waals surface area contributed by atoms with Crippen LogP contribution in [0.3, 0.4) is 0 Å². The molecule has 0 radical (unpaired) electrons. The van der Waals surface area contributed by atoms with Crippen molar-refractivity contribution in [3.05, 3.63) is 47.0 Å². The number of carbonyl (C=O) groups excluding carboxylic acids is 1. The van der Waals surface area contributed by atoms with Gasteiger partial charge in [0.05, 0.1) is 22.4 Å². The molecule has 2 N–H and O–H groups in total. The van der Waals surface area contributed by atoms with E-state index in [1.54, 1.807) is 6.92 Å². The van der Waals surface area contributed by atoms with Gasteiger partial charge in [-0.05, 0) is 32.0 Å². The molecule has 1 amide bonds. The maximum atomic E-state index is 12.1. The Morgan fingerprint density at radius 3 is 2.82 bits per heavy atom. The average Bonchev–Trinajstić information content (AvgIpc) is 3.07. The Hall–Kier alpha value is -2.18. The highest BCUT2D eigenvalue weighted by molar-refractivity contribution is 7.20. The van der Waals surface area contributed by atoms with Gasteiger partial charge >= 0.3 is 0 Å². The van der Waals surface area contributed by atoms with Crippen LogP contribution in [0.25, 0.3) is 15.9 Å². The fraction of sp³-hybridized carbons (Fsp3) is 0.250. The zero-order chi connectivity index (χ0) is 15.7. The molecule has 2 aromatic heterocycles. The third-order valence-corrected chi connectivity index (χ3v) is 4.44. The second-order valence-corrected chi connectivity index (χ2v) is 6.25. The van der Waals surface area contributed by atoms with Gasteiger partial charge in [-0.2, -0.15) is 5.10 Å². The largest absolute Gasteiger partial charge is 0.392 e. The van der Waals surface area contributed by atoms with Crippen LogP contribution in [0.5, 0.6) is 0 Å². The molecule has 114 valence electrons. The SMILES string of the molecule is Cc1nn(-c2ccccc2)c2sc(C(=O)NCC(C)O)cc12. The summed E-state index contributed by atoms with van der Waals surface area (Å²) in [5, 5.41) is 17.5. The smallest absolute Gasteiger partial charge is 0.261 e. The van der Waals surface area contributed by atoms with E-state index in [4.69, 9.17) is 0 Å². The Morgan fingerprint density at radius 2 is 2.14 bits per heavy atom. The highest BCUT2D eigenvalue weighted by atomic mass is 32.1. The van der Waals surface area contributed by atoms with Gasteiger partial charge < -0.3 is 10.4 Å². The Kier molecular flexibility index (Phi) is 3.96. The minimum Gasteiger partial charge on any atom is -0.392 e. The second kappa shape index (κ2) is 5.90. The standard InChI is InChI=1S/C16H17N3O2S/c1-10(20)9-17-15(21)14-8-13-11(2)18-19(16(13)22-14)12-6-4-3-5-7-12/h3-8,10,20H,9H2,1-2H3,(H,17,21). The summed E-state index contributed by atoms with van der Waals surface area (Å²) in [6.45, 7) is 3.82. The van der Waals surface area contributed by atoms with E-state index in [9.17, 15) is 9.90 Å². The van der Waals surface area contributed by atoms with E-state index >= 15 is 0 Å². The molecule has 0 aliphatic carbocycles. The summed E-state index contributed by atoms with van der Waals surface area (Å²) in [7, 11) is 0. The van der Waals surface area contributed by atoms with Gasteiger partial charge in [0.1, 0.15) is 4.83 Å². The van der Waals surface area contributed by atoms with E-state index in [1.165, 1.54) is 11.3 Å². The normalized spacial score (nSPS) is 12.5. The molecule has 3 aromatic rings. The Balaban J connectivity index is 1.98. The van der Waals surface area contributed by atoms with E-state index in [0.717, 1.165) is 21.6 Å². The van der Waals surface area contributed by atoms with Crippen molar-refractivity contribution in [1.82, 2.24) is 15.1 Å². The molecule has 5 nitrogen and oxygen atoms in total. The first kappa shape index (κ1) is 14.7. The number of para-hydroxylation sites is 1. The molecule has 1 unspecified atom stereocenters. The molecule has 1 aromatic carbocycles. The van der Waals surface area contributed by atoms with Crippen molar-refractivity contribution in [2.24, 2.45) is 0 Å². The fourth-order valence-corrected chi connectivity index (χ4v) is 3.33. The third kappa shape index (κ3) is 2.75. The number of aliphatic hydroxyl groups excluding tert-OH is 1. The summed E-state index contributed by atoms with van der Waals surface area (Å²) in [5.41, 5.74) is 1.86. The first-order chi connectivity index (χ1) is 10.6. The van der Waals surface area contributed by atoms with Crippen LogP contribution in [0.4, 0.5) is 0 Å². The number of aliphatic hydroxyl groups is 1. The zero-order valence-corrected chi connectivity index (χ0v) is 13.2. The number of benzene rings is 1. The molecule has 0 bridgehead atoms.